The minimum absolute atomic E-state index is 0.0392. The van der Waals surface area contributed by atoms with Crippen molar-refractivity contribution in [1.29, 1.82) is 0 Å². The third kappa shape index (κ3) is 4.59. The maximum absolute atomic E-state index is 11.0. The average Bonchev–Trinajstić information content (AvgIpc) is 1.87. The summed E-state index contributed by atoms with van der Waals surface area (Å²) in [7, 11) is 0. The molecule has 0 aliphatic heterocycles. The van der Waals surface area contributed by atoms with E-state index in [1.807, 2.05) is 39.8 Å². The highest BCUT2D eigenvalue weighted by molar-refractivity contribution is 5.71. The topological polar surface area (TPSA) is 26.3 Å². The molecule has 2 nitrogen and oxygen atoms in total. The fourth-order valence-electron chi connectivity index (χ4n) is 0.630. The molecule has 0 bridgehead atoms. The summed E-state index contributed by atoms with van der Waals surface area (Å²) in [5.74, 6) is -0.182. The normalized spacial score (nSPS) is 13.9. The van der Waals surface area contributed by atoms with E-state index in [4.69, 9.17) is 4.74 Å². The Morgan fingerprint density at radius 3 is 2.27 bits per heavy atom. The summed E-state index contributed by atoms with van der Waals surface area (Å²) in [6.07, 6.45) is 3.62. The zero-order valence-corrected chi connectivity index (χ0v) is 7.63. The van der Waals surface area contributed by atoms with Crippen LogP contribution < -0.4 is 0 Å². The van der Waals surface area contributed by atoms with E-state index in [1.54, 1.807) is 0 Å². The zero-order valence-electron chi connectivity index (χ0n) is 7.63. The molecule has 1 unspecified atom stereocenters. The third-order valence-electron chi connectivity index (χ3n) is 1.24. The van der Waals surface area contributed by atoms with Crippen LogP contribution in [0.1, 0.15) is 27.7 Å². The number of ether oxygens (including phenoxy) is 1. The van der Waals surface area contributed by atoms with Crippen LogP contribution in [-0.2, 0) is 9.53 Å². The van der Waals surface area contributed by atoms with Gasteiger partial charge in [0.15, 0.2) is 0 Å². The maximum atomic E-state index is 11.0. The standard InChI is InChI=1S/C9H16O2/c1-5-6-8(4)11-9(10)7(2)3/h5-8H,1-4H3. The lowest BCUT2D eigenvalue weighted by Crippen LogP contribution is -2.17. The average molecular weight is 156 g/mol. The molecule has 0 heterocycles. The first-order chi connectivity index (χ1) is 5.07. The van der Waals surface area contributed by atoms with Crippen molar-refractivity contribution < 1.29 is 9.53 Å². The largest absolute Gasteiger partial charge is 0.458 e. The van der Waals surface area contributed by atoms with Gasteiger partial charge in [-0.3, -0.25) is 4.79 Å². The Morgan fingerprint density at radius 1 is 1.36 bits per heavy atom. The van der Waals surface area contributed by atoms with Crippen molar-refractivity contribution in [2.24, 2.45) is 5.92 Å². The summed E-state index contributed by atoms with van der Waals surface area (Å²) < 4.78 is 5.03. The van der Waals surface area contributed by atoms with Gasteiger partial charge >= 0.3 is 5.97 Å². The second-order valence-corrected chi connectivity index (χ2v) is 2.82. The first kappa shape index (κ1) is 10.2. The van der Waals surface area contributed by atoms with Gasteiger partial charge in [-0.05, 0) is 19.9 Å². The highest BCUT2D eigenvalue weighted by atomic mass is 16.5. The third-order valence-corrected chi connectivity index (χ3v) is 1.24. The molecule has 0 N–H and O–H groups in total. The highest BCUT2D eigenvalue weighted by Gasteiger charge is 2.10. The van der Waals surface area contributed by atoms with Crippen molar-refractivity contribution in [3.05, 3.63) is 12.2 Å². The predicted molar refractivity (Wildman–Crippen MR) is 45.2 cm³/mol. The van der Waals surface area contributed by atoms with E-state index in [1.165, 1.54) is 0 Å². The van der Waals surface area contributed by atoms with Crippen LogP contribution in [0.25, 0.3) is 0 Å². The van der Waals surface area contributed by atoms with Gasteiger partial charge in [-0.15, -0.1) is 0 Å². The van der Waals surface area contributed by atoms with Gasteiger partial charge in [0.05, 0.1) is 5.92 Å². The lowest BCUT2D eigenvalue weighted by atomic mass is 10.2. The fraction of sp³-hybridized carbons (Fsp3) is 0.667. The molecule has 0 amide bonds. The fourth-order valence-corrected chi connectivity index (χ4v) is 0.630. The molecule has 0 rings (SSSR count). The Balaban J connectivity index is 3.75. The van der Waals surface area contributed by atoms with Crippen LogP contribution >= 0.6 is 0 Å². The summed E-state index contributed by atoms with van der Waals surface area (Å²) in [6.45, 7) is 7.40. The first-order valence-electron chi connectivity index (χ1n) is 3.91. The number of esters is 1. The second-order valence-electron chi connectivity index (χ2n) is 2.82. The number of hydrogen-bond donors (Lipinski definition) is 0. The smallest absolute Gasteiger partial charge is 0.308 e. The molecule has 0 aromatic heterocycles. The van der Waals surface area contributed by atoms with E-state index in [0.29, 0.717) is 0 Å². The van der Waals surface area contributed by atoms with Crippen LogP contribution in [0.4, 0.5) is 0 Å². The minimum Gasteiger partial charge on any atom is -0.458 e. The molecular weight excluding hydrogens is 140 g/mol. The summed E-state index contributed by atoms with van der Waals surface area (Å²) in [5.41, 5.74) is 0. The molecule has 1 atom stereocenters. The van der Waals surface area contributed by atoms with Crippen molar-refractivity contribution in [3.8, 4) is 0 Å². The van der Waals surface area contributed by atoms with E-state index in [2.05, 4.69) is 0 Å². The molecule has 2 heteroatoms. The van der Waals surface area contributed by atoms with Gasteiger partial charge in [0, 0.05) is 0 Å². The van der Waals surface area contributed by atoms with Crippen LogP contribution in [0.15, 0.2) is 12.2 Å². The molecule has 0 radical (unpaired) electrons. The van der Waals surface area contributed by atoms with E-state index >= 15 is 0 Å². The van der Waals surface area contributed by atoms with Crippen LogP contribution in [-0.4, -0.2) is 12.1 Å². The van der Waals surface area contributed by atoms with Gasteiger partial charge in [0.1, 0.15) is 6.10 Å². The molecule has 0 saturated heterocycles. The molecule has 0 saturated carbocycles. The van der Waals surface area contributed by atoms with E-state index in [-0.39, 0.29) is 18.0 Å². The summed E-state index contributed by atoms with van der Waals surface area (Å²) in [5, 5.41) is 0. The molecule has 0 aliphatic carbocycles. The molecule has 11 heavy (non-hydrogen) atoms. The van der Waals surface area contributed by atoms with Gasteiger partial charge in [-0.1, -0.05) is 19.9 Å². The van der Waals surface area contributed by atoms with Crippen LogP contribution in [0.5, 0.6) is 0 Å². The number of rotatable bonds is 3. The molecule has 0 fully saturated rings. The number of carbonyl (C=O) groups is 1. The van der Waals surface area contributed by atoms with Crippen LogP contribution in [0.3, 0.4) is 0 Å². The van der Waals surface area contributed by atoms with E-state index < -0.39 is 0 Å². The van der Waals surface area contributed by atoms with Crippen LogP contribution in [0.2, 0.25) is 0 Å². The number of allylic oxidation sites excluding steroid dienone is 1. The molecule has 0 aromatic rings. The van der Waals surface area contributed by atoms with Gasteiger partial charge in [0.25, 0.3) is 0 Å². The van der Waals surface area contributed by atoms with Crippen molar-refractivity contribution in [2.75, 3.05) is 0 Å². The lowest BCUT2D eigenvalue weighted by Gasteiger charge is -2.10. The molecule has 0 aliphatic rings. The second kappa shape index (κ2) is 4.94. The Kier molecular flexibility index (Phi) is 4.59. The SMILES string of the molecule is CC=CC(C)OC(=O)C(C)C. The minimum atomic E-state index is -0.143. The first-order valence-corrected chi connectivity index (χ1v) is 3.91. The van der Waals surface area contributed by atoms with Gasteiger partial charge in [0.2, 0.25) is 0 Å². The van der Waals surface area contributed by atoms with Gasteiger partial charge in [-0.25, -0.2) is 0 Å². The lowest BCUT2D eigenvalue weighted by molar-refractivity contribution is -0.149. The Morgan fingerprint density at radius 2 is 1.91 bits per heavy atom. The summed E-state index contributed by atoms with van der Waals surface area (Å²) >= 11 is 0. The van der Waals surface area contributed by atoms with E-state index in [9.17, 15) is 4.79 Å². The molecule has 0 spiro atoms. The van der Waals surface area contributed by atoms with Crippen molar-refractivity contribution in [3.63, 3.8) is 0 Å². The number of hydrogen-bond acceptors (Lipinski definition) is 2. The van der Waals surface area contributed by atoms with Gasteiger partial charge < -0.3 is 4.74 Å². The number of carbonyl (C=O) groups excluding carboxylic acids is 1. The maximum Gasteiger partial charge on any atom is 0.308 e. The quantitative estimate of drug-likeness (QED) is 0.462. The zero-order chi connectivity index (χ0) is 8.85. The van der Waals surface area contributed by atoms with Crippen molar-refractivity contribution in [2.45, 2.75) is 33.8 Å². The van der Waals surface area contributed by atoms with E-state index in [0.717, 1.165) is 0 Å². The molecule has 64 valence electrons. The molecular formula is C9H16O2. The Bertz CT molecular complexity index is 148. The van der Waals surface area contributed by atoms with Crippen molar-refractivity contribution >= 4 is 5.97 Å². The summed E-state index contributed by atoms with van der Waals surface area (Å²) in [6, 6.07) is 0. The summed E-state index contributed by atoms with van der Waals surface area (Å²) in [4.78, 5) is 11.0. The molecule has 0 aromatic carbocycles. The highest BCUT2D eigenvalue weighted by Crippen LogP contribution is 2.00. The Hall–Kier alpha value is -0.790. The van der Waals surface area contributed by atoms with Gasteiger partial charge in [-0.2, -0.15) is 0 Å². The Labute approximate surface area is 68.2 Å². The predicted octanol–water partition coefficient (Wildman–Crippen LogP) is 2.15. The monoisotopic (exact) mass is 156 g/mol. The van der Waals surface area contributed by atoms with Crippen LogP contribution in [0, 0.1) is 5.92 Å². The van der Waals surface area contributed by atoms with Crippen molar-refractivity contribution in [1.82, 2.24) is 0 Å².